The largest absolute Gasteiger partial charge is 0.306 e. The third-order valence-corrected chi connectivity index (χ3v) is 6.97. The second-order valence-corrected chi connectivity index (χ2v) is 8.73. The van der Waals surface area contributed by atoms with E-state index in [1.54, 1.807) is 11.3 Å². The Balaban J connectivity index is 1.63. The summed E-state index contributed by atoms with van der Waals surface area (Å²) in [6.45, 7) is 2.30. The smallest absolute Gasteiger partial charge is 0.0931 e. The van der Waals surface area contributed by atoms with Crippen LogP contribution in [0.5, 0.6) is 0 Å². The third kappa shape index (κ3) is 4.03. The molecule has 0 aromatic carbocycles. The minimum atomic E-state index is 0.441. The fourth-order valence-corrected chi connectivity index (χ4v) is 5.53. The first kappa shape index (κ1) is 15.8. The van der Waals surface area contributed by atoms with E-state index in [-0.39, 0.29) is 0 Å². The van der Waals surface area contributed by atoms with E-state index in [9.17, 15) is 0 Å². The van der Waals surface area contributed by atoms with Gasteiger partial charge >= 0.3 is 0 Å². The maximum Gasteiger partial charge on any atom is 0.0931 e. The van der Waals surface area contributed by atoms with E-state index < -0.39 is 0 Å². The van der Waals surface area contributed by atoms with E-state index in [0.29, 0.717) is 6.04 Å². The van der Waals surface area contributed by atoms with E-state index in [4.69, 9.17) is 11.6 Å². The molecule has 1 aromatic rings. The quantitative estimate of drug-likeness (QED) is 0.695. The van der Waals surface area contributed by atoms with E-state index >= 15 is 0 Å². The molecule has 0 amide bonds. The van der Waals surface area contributed by atoms with Crippen molar-refractivity contribution in [3.8, 4) is 0 Å². The molecule has 0 spiro atoms. The molecule has 0 aliphatic heterocycles. The van der Waals surface area contributed by atoms with Crippen LogP contribution in [-0.4, -0.2) is 6.04 Å². The molecule has 3 rings (SSSR count). The normalized spacial score (nSPS) is 29.4. The predicted octanol–water partition coefficient (Wildman–Crippen LogP) is 6.19. The van der Waals surface area contributed by atoms with E-state index in [2.05, 4.69) is 18.3 Å². The highest BCUT2D eigenvalue weighted by Gasteiger charge is 2.33. The molecular formula is C18H28ClNS. The molecule has 21 heavy (non-hydrogen) atoms. The fraction of sp³-hybridized carbons (Fsp3) is 0.778. The third-order valence-electron chi connectivity index (χ3n) is 5.56. The lowest BCUT2D eigenvalue weighted by atomic mass is 9.71. The second-order valence-electron chi connectivity index (χ2n) is 6.98. The average molecular weight is 326 g/mol. The van der Waals surface area contributed by atoms with Gasteiger partial charge in [-0.2, -0.15) is 0 Å². The van der Waals surface area contributed by atoms with Crippen LogP contribution >= 0.6 is 22.9 Å². The highest BCUT2D eigenvalue weighted by Crippen LogP contribution is 2.39. The van der Waals surface area contributed by atoms with Gasteiger partial charge in [0.2, 0.25) is 0 Å². The van der Waals surface area contributed by atoms with E-state index in [1.165, 1.54) is 62.7 Å². The number of hydrogen-bond donors (Lipinski definition) is 1. The molecule has 1 nitrogen and oxygen atoms in total. The monoisotopic (exact) mass is 325 g/mol. The number of nitrogens with one attached hydrogen (secondary N) is 1. The Bertz CT molecular complexity index is 438. The van der Waals surface area contributed by atoms with E-state index in [0.717, 1.165) is 22.2 Å². The summed E-state index contributed by atoms with van der Waals surface area (Å²) in [5.74, 6) is 1.90. The summed E-state index contributed by atoms with van der Waals surface area (Å²) in [6, 6.07) is 5.37. The molecule has 0 radical (unpaired) electrons. The van der Waals surface area contributed by atoms with Gasteiger partial charge in [-0.25, -0.2) is 0 Å². The second kappa shape index (κ2) is 7.48. The molecule has 3 unspecified atom stereocenters. The summed E-state index contributed by atoms with van der Waals surface area (Å²) in [7, 11) is 0. The van der Waals surface area contributed by atoms with Gasteiger partial charge in [0, 0.05) is 17.0 Å². The number of halogens is 1. The Labute approximate surface area is 138 Å². The molecule has 2 aliphatic carbocycles. The van der Waals surface area contributed by atoms with Crippen LogP contribution in [-0.2, 0) is 0 Å². The molecule has 0 saturated heterocycles. The van der Waals surface area contributed by atoms with Crippen LogP contribution < -0.4 is 5.32 Å². The zero-order chi connectivity index (χ0) is 14.7. The molecule has 2 aliphatic rings. The summed E-state index contributed by atoms with van der Waals surface area (Å²) >= 11 is 7.81. The van der Waals surface area contributed by atoms with Crippen molar-refractivity contribution in [2.45, 2.75) is 76.8 Å². The van der Waals surface area contributed by atoms with Crippen LogP contribution in [0.15, 0.2) is 12.1 Å². The first-order valence-corrected chi connectivity index (χ1v) is 9.95. The van der Waals surface area contributed by atoms with Gasteiger partial charge in [0.05, 0.1) is 4.34 Å². The van der Waals surface area contributed by atoms with Crippen LogP contribution in [0.3, 0.4) is 0 Å². The van der Waals surface area contributed by atoms with Crippen molar-refractivity contribution in [3.05, 3.63) is 21.3 Å². The molecule has 0 bridgehead atoms. The van der Waals surface area contributed by atoms with Gasteiger partial charge in [-0.1, -0.05) is 56.5 Å². The van der Waals surface area contributed by atoms with Gasteiger partial charge in [-0.3, -0.25) is 0 Å². The average Bonchev–Trinajstić information content (AvgIpc) is 2.95. The molecule has 1 heterocycles. The van der Waals surface area contributed by atoms with Crippen molar-refractivity contribution in [2.75, 3.05) is 0 Å². The van der Waals surface area contributed by atoms with Crippen molar-refractivity contribution in [1.29, 1.82) is 0 Å². The molecule has 3 atom stereocenters. The zero-order valence-electron chi connectivity index (χ0n) is 13.1. The van der Waals surface area contributed by atoms with Gasteiger partial charge < -0.3 is 5.32 Å². The van der Waals surface area contributed by atoms with Crippen LogP contribution in [0, 0.1) is 11.8 Å². The fourth-order valence-electron chi connectivity index (χ4n) is 4.46. The summed E-state index contributed by atoms with van der Waals surface area (Å²) in [6.07, 6.45) is 13.0. The summed E-state index contributed by atoms with van der Waals surface area (Å²) in [4.78, 5) is 1.38. The summed E-state index contributed by atoms with van der Waals surface area (Å²) in [5.41, 5.74) is 0. The Hall–Kier alpha value is -0.0500. The maximum absolute atomic E-state index is 6.09. The van der Waals surface area contributed by atoms with Crippen molar-refractivity contribution in [1.82, 2.24) is 5.32 Å². The number of thiophene rings is 1. The molecule has 118 valence electrons. The van der Waals surface area contributed by atoms with Gasteiger partial charge in [0.25, 0.3) is 0 Å². The van der Waals surface area contributed by atoms with Gasteiger partial charge in [-0.05, 0) is 43.7 Å². The predicted molar refractivity (Wildman–Crippen MR) is 93.2 cm³/mol. The van der Waals surface area contributed by atoms with Crippen LogP contribution in [0.4, 0.5) is 0 Å². The first-order chi connectivity index (χ1) is 10.2. The summed E-state index contributed by atoms with van der Waals surface area (Å²) < 4.78 is 0.908. The lowest BCUT2D eigenvalue weighted by Crippen LogP contribution is -2.43. The molecular weight excluding hydrogens is 298 g/mol. The molecule has 2 fully saturated rings. The Kier molecular flexibility index (Phi) is 5.64. The first-order valence-electron chi connectivity index (χ1n) is 8.75. The highest BCUT2D eigenvalue weighted by atomic mass is 35.5. The van der Waals surface area contributed by atoms with Crippen LogP contribution in [0.1, 0.15) is 75.6 Å². The minimum Gasteiger partial charge on any atom is -0.306 e. The van der Waals surface area contributed by atoms with E-state index in [1.807, 2.05) is 6.07 Å². The zero-order valence-corrected chi connectivity index (χ0v) is 14.7. The molecule has 1 aromatic heterocycles. The SMILES string of the molecule is CC(NC1CCCCC1C1CCCCC1)c1ccc(Cl)s1. The van der Waals surface area contributed by atoms with Crippen molar-refractivity contribution >= 4 is 22.9 Å². The summed E-state index contributed by atoms with van der Waals surface area (Å²) in [5, 5.41) is 3.95. The van der Waals surface area contributed by atoms with Crippen molar-refractivity contribution in [3.63, 3.8) is 0 Å². The topological polar surface area (TPSA) is 12.0 Å². The Morgan fingerprint density at radius 1 is 1.05 bits per heavy atom. The lowest BCUT2D eigenvalue weighted by molar-refractivity contribution is 0.143. The van der Waals surface area contributed by atoms with Crippen LogP contribution in [0.25, 0.3) is 0 Å². The lowest BCUT2D eigenvalue weighted by Gasteiger charge is -2.40. The van der Waals surface area contributed by atoms with Crippen molar-refractivity contribution < 1.29 is 0 Å². The number of hydrogen-bond acceptors (Lipinski definition) is 2. The minimum absolute atomic E-state index is 0.441. The van der Waals surface area contributed by atoms with Gasteiger partial charge in [-0.15, -0.1) is 11.3 Å². The maximum atomic E-state index is 6.09. The standard InChI is InChI=1S/C18H28ClNS/c1-13(17-11-12-18(19)21-17)20-16-10-6-5-9-15(16)14-7-3-2-4-8-14/h11-16,20H,2-10H2,1H3. The van der Waals surface area contributed by atoms with Gasteiger partial charge in [0.1, 0.15) is 0 Å². The Morgan fingerprint density at radius 3 is 2.48 bits per heavy atom. The van der Waals surface area contributed by atoms with Crippen LogP contribution in [0.2, 0.25) is 4.34 Å². The highest BCUT2D eigenvalue weighted by molar-refractivity contribution is 7.16. The molecule has 1 N–H and O–H groups in total. The van der Waals surface area contributed by atoms with Gasteiger partial charge in [0.15, 0.2) is 0 Å². The molecule has 2 saturated carbocycles. The number of rotatable bonds is 4. The Morgan fingerprint density at radius 2 is 1.76 bits per heavy atom. The molecule has 3 heteroatoms. The van der Waals surface area contributed by atoms with Crippen molar-refractivity contribution in [2.24, 2.45) is 11.8 Å².